The van der Waals surface area contributed by atoms with Gasteiger partial charge in [-0.25, -0.2) is 0 Å². The van der Waals surface area contributed by atoms with Crippen LogP contribution in [-0.4, -0.2) is 31.6 Å². The topological polar surface area (TPSA) is 120 Å². The van der Waals surface area contributed by atoms with Crippen LogP contribution in [-0.2, 0) is 12.8 Å². The maximum absolute atomic E-state index is 10.7. The average molecular weight is 434 g/mol. The summed E-state index contributed by atoms with van der Waals surface area (Å²) >= 11 is 0. The van der Waals surface area contributed by atoms with Crippen molar-refractivity contribution in [3.63, 3.8) is 0 Å². The number of hydrogen-bond acceptors (Lipinski definition) is 7. The maximum atomic E-state index is 10.7. The van der Waals surface area contributed by atoms with Crippen LogP contribution in [0, 0.1) is 0 Å². The van der Waals surface area contributed by atoms with Gasteiger partial charge in [-0.05, 0) is 48.6 Å². The van der Waals surface area contributed by atoms with Crippen LogP contribution in [0.25, 0.3) is 0 Å². The molecule has 0 fully saturated rings. The van der Waals surface area contributed by atoms with Crippen molar-refractivity contribution in [2.75, 3.05) is 0 Å². The van der Waals surface area contributed by atoms with E-state index in [0.29, 0.717) is 42.7 Å². The molecule has 6 rings (SSSR count). The predicted molar refractivity (Wildman–Crippen MR) is 114 cm³/mol. The van der Waals surface area contributed by atoms with Gasteiger partial charge in [0.05, 0.1) is 0 Å². The van der Waals surface area contributed by atoms with Gasteiger partial charge in [0, 0.05) is 41.2 Å². The Labute approximate surface area is 183 Å². The minimum Gasteiger partial charge on any atom is -0.508 e. The van der Waals surface area contributed by atoms with Crippen LogP contribution in [0.4, 0.5) is 0 Å². The van der Waals surface area contributed by atoms with Crippen molar-refractivity contribution >= 4 is 0 Å². The second kappa shape index (κ2) is 6.63. The van der Waals surface area contributed by atoms with E-state index in [0.717, 1.165) is 22.3 Å². The minimum atomic E-state index is -0.356. The zero-order chi connectivity index (χ0) is 22.1. The molecule has 3 aromatic rings. The number of hydrogen-bond donors (Lipinski definition) is 5. The van der Waals surface area contributed by atoms with Crippen molar-refractivity contribution in [2.45, 2.75) is 43.8 Å². The summed E-state index contributed by atoms with van der Waals surface area (Å²) in [5.74, 6) is 0.561. The summed E-state index contributed by atoms with van der Waals surface area (Å²) in [6, 6.07) is 9.25. The van der Waals surface area contributed by atoms with Crippen LogP contribution in [0.3, 0.4) is 0 Å². The molecule has 1 aliphatic carbocycles. The Morgan fingerprint density at radius 3 is 2.44 bits per heavy atom. The summed E-state index contributed by atoms with van der Waals surface area (Å²) in [7, 11) is 0. The van der Waals surface area contributed by atoms with Gasteiger partial charge in [-0.15, -0.1) is 0 Å². The lowest BCUT2D eigenvalue weighted by Gasteiger charge is -2.41. The van der Waals surface area contributed by atoms with E-state index < -0.39 is 0 Å². The average Bonchev–Trinajstić information content (AvgIpc) is 2.74. The normalized spacial score (nSPS) is 22.7. The molecular weight excluding hydrogens is 412 g/mol. The third-order valence-corrected chi connectivity index (χ3v) is 6.81. The highest BCUT2D eigenvalue weighted by molar-refractivity contribution is 5.64. The third kappa shape index (κ3) is 2.74. The van der Waals surface area contributed by atoms with Gasteiger partial charge in [-0.1, -0.05) is 6.07 Å². The van der Waals surface area contributed by atoms with Gasteiger partial charge in [0.25, 0.3) is 0 Å². The van der Waals surface area contributed by atoms with E-state index in [9.17, 15) is 25.5 Å². The van der Waals surface area contributed by atoms with Crippen LogP contribution in [0.1, 0.15) is 52.7 Å². The lowest BCUT2D eigenvalue weighted by Crippen LogP contribution is -2.34. The number of rotatable bonds is 1. The molecule has 0 amide bonds. The zero-order valence-corrected chi connectivity index (χ0v) is 17.1. The second-order valence-corrected chi connectivity index (χ2v) is 8.78. The highest BCUT2D eigenvalue weighted by Gasteiger charge is 2.42. The van der Waals surface area contributed by atoms with Gasteiger partial charge in [0.2, 0.25) is 0 Å². The van der Waals surface area contributed by atoms with Crippen LogP contribution in [0.5, 0.6) is 40.2 Å². The van der Waals surface area contributed by atoms with Gasteiger partial charge in [-0.2, -0.15) is 0 Å². The molecule has 3 atom stereocenters. The lowest BCUT2D eigenvalue weighted by atomic mass is 9.73. The van der Waals surface area contributed by atoms with Crippen molar-refractivity contribution in [3.8, 4) is 40.2 Å². The fourth-order valence-electron chi connectivity index (χ4n) is 5.42. The fourth-order valence-corrected chi connectivity index (χ4v) is 5.42. The van der Waals surface area contributed by atoms with Crippen LogP contribution >= 0.6 is 0 Å². The molecule has 2 aliphatic heterocycles. The predicted octanol–water partition coefficient (Wildman–Crippen LogP) is 4.12. The van der Waals surface area contributed by atoms with Gasteiger partial charge < -0.3 is 35.0 Å². The number of aromatic hydroxyl groups is 5. The standard InChI is InChI=1S/C25H22O7/c26-13-8-20(30)24-16-10-14(31-22(24)9-13)5-12-7-18(28)15-2-4-21(32-25(15)23(12)16)11-1-3-17(27)19(29)6-11/h1,3,6-9,14,16,21,26-30H,2,4-5,10H2/t14?,16-,21?/m0/s1. The smallest absolute Gasteiger partial charge is 0.157 e. The van der Waals surface area contributed by atoms with Crippen molar-refractivity contribution in [2.24, 2.45) is 0 Å². The summed E-state index contributed by atoms with van der Waals surface area (Å²) < 4.78 is 12.5. The molecule has 0 radical (unpaired) electrons. The Hall–Kier alpha value is -3.74. The third-order valence-electron chi connectivity index (χ3n) is 6.81. The first-order chi connectivity index (χ1) is 15.4. The Balaban J connectivity index is 1.49. The summed E-state index contributed by atoms with van der Waals surface area (Å²) in [6.45, 7) is 0. The minimum absolute atomic E-state index is 0.0334. The van der Waals surface area contributed by atoms with E-state index in [-0.39, 0.29) is 46.9 Å². The molecule has 2 bridgehead atoms. The molecule has 0 saturated carbocycles. The molecule has 7 nitrogen and oxygen atoms in total. The van der Waals surface area contributed by atoms with Gasteiger partial charge in [0.1, 0.15) is 41.0 Å². The largest absolute Gasteiger partial charge is 0.508 e. The monoisotopic (exact) mass is 434 g/mol. The number of phenols is 5. The molecule has 0 spiro atoms. The number of phenolic OH excluding ortho intramolecular Hbond substituents is 5. The molecule has 2 heterocycles. The quantitative estimate of drug-likeness (QED) is 0.366. The summed E-state index contributed by atoms with van der Waals surface area (Å²) in [5, 5.41) is 50.9. The Morgan fingerprint density at radius 2 is 1.62 bits per heavy atom. The molecule has 7 heteroatoms. The first-order valence-corrected chi connectivity index (χ1v) is 10.7. The van der Waals surface area contributed by atoms with Crippen LogP contribution in [0.2, 0.25) is 0 Å². The Kier molecular flexibility index (Phi) is 3.93. The number of ether oxygens (including phenoxy) is 2. The van der Waals surface area contributed by atoms with Crippen molar-refractivity contribution in [1.82, 2.24) is 0 Å². The van der Waals surface area contributed by atoms with Crippen molar-refractivity contribution in [1.29, 1.82) is 0 Å². The van der Waals surface area contributed by atoms with Crippen molar-refractivity contribution in [3.05, 3.63) is 64.2 Å². The molecule has 5 N–H and O–H groups in total. The molecule has 2 unspecified atom stereocenters. The second-order valence-electron chi connectivity index (χ2n) is 8.78. The van der Waals surface area contributed by atoms with Crippen LogP contribution < -0.4 is 9.47 Å². The molecule has 0 aromatic heterocycles. The summed E-state index contributed by atoms with van der Waals surface area (Å²) in [4.78, 5) is 0. The fraction of sp³-hybridized carbons (Fsp3) is 0.280. The maximum Gasteiger partial charge on any atom is 0.157 e. The molecule has 3 aromatic carbocycles. The van der Waals surface area contributed by atoms with Gasteiger partial charge in [0.15, 0.2) is 11.5 Å². The van der Waals surface area contributed by atoms with E-state index >= 15 is 0 Å². The zero-order valence-electron chi connectivity index (χ0n) is 17.1. The van der Waals surface area contributed by atoms with E-state index in [1.165, 1.54) is 24.3 Å². The molecule has 164 valence electrons. The van der Waals surface area contributed by atoms with E-state index in [2.05, 4.69) is 0 Å². The van der Waals surface area contributed by atoms with E-state index in [1.807, 2.05) is 0 Å². The number of fused-ring (bicyclic) bond motifs is 8. The van der Waals surface area contributed by atoms with Gasteiger partial charge in [-0.3, -0.25) is 0 Å². The highest BCUT2D eigenvalue weighted by atomic mass is 16.5. The first kappa shape index (κ1) is 19.0. The first-order valence-electron chi connectivity index (χ1n) is 10.7. The van der Waals surface area contributed by atoms with Gasteiger partial charge >= 0.3 is 0 Å². The Morgan fingerprint density at radius 1 is 0.781 bits per heavy atom. The Bertz CT molecular complexity index is 1270. The highest BCUT2D eigenvalue weighted by Crippen LogP contribution is 2.56. The molecule has 3 aliphatic rings. The van der Waals surface area contributed by atoms with E-state index in [4.69, 9.17) is 9.47 Å². The SMILES string of the molecule is Oc1cc(O)c2c(c1)OC1Cc3cc(O)c4c(c3[C@@H]2C1)OC(c1ccc(O)c(O)c1)CC4. The number of benzene rings is 3. The molecular formula is C25H22O7. The lowest BCUT2D eigenvalue weighted by molar-refractivity contribution is 0.143. The molecule has 0 saturated heterocycles. The van der Waals surface area contributed by atoms with Crippen molar-refractivity contribution < 1.29 is 35.0 Å². The van der Waals surface area contributed by atoms with E-state index in [1.54, 1.807) is 12.1 Å². The summed E-state index contributed by atoms with van der Waals surface area (Å²) in [5.41, 5.74) is 3.91. The van der Waals surface area contributed by atoms with Crippen LogP contribution in [0.15, 0.2) is 36.4 Å². The summed E-state index contributed by atoms with van der Waals surface area (Å²) in [6.07, 6.45) is 1.94. The molecule has 32 heavy (non-hydrogen) atoms.